The number of esters is 1. The van der Waals surface area contributed by atoms with E-state index in [1.165, 1.54) is 12.3 Å². The van der Waals surface area contributed by atoms with Gasteiger partial charge in [-0.25, -0.2) is 9.78 Å². The van der Waals surface area contributed by atoms with E-state index in [2.05, 4.69) is 10.3 Å². The predicted molar refractivity (Wildman–Crippen MR) is 99.5 cm³/mol. The smallest absolute Gasteiger partial charge is 0.338 e. The fourth-order valence-electron chi connectivity index (χ4n) is 2.48. The fraction of sp³-hybridized carbons (Fsp3) is 0.350. The Bertz CT molecular complexity index is 754. The van der Waals surface area contributed by atoms with Crippen LogP contribution in [0.25, 0.3) is 0 Å². The van der Waals surface area contributed by atoms with Gasteiger partial charge in [-0.05, 0) is 50.5 Å². The molecule has 6 heteroatoms. The first-order valence-corrected chi connectivity index (χ1v) is 8.63. The second kappa shape index (κ2) is 9.56. The molecule has 6 nitrogen and oxygen atoms in total. The minimum absolute atomic E-state index is 0.177. The van der Waals surface area contributed by atoms with Crippen molar-refractivity contribution < 1.29 is 19.1 Å². The SMILES string of the molecule is CCOC(=O)c1ccnc(NC(=O)CCCOc2c(C)cccc2C)c1. The Morgan fingerprint density at radius 3 is 2.58 bits per heavy atom. The highest BCUT2D eigenvalue weighted by atomic mass is 16.5. The lowest BCUT2D eigenvalue weighted by molar-refractivity contribution is -0.116. The van der Waals surface area contributed by atoms with Crippen LogP contribution < -0.4 is 10.1 Å². The van der Waals surface area contributed by atoms with E-state index in [9.17, 15) is 9.59 Å². The lowest BCUT2D eigenvalue weighted by Gasteiger charge is -2.11. The lowest BCUT2D eigenvalue weighted by atomic mass is 10.1. The molecular formula is C20H24N2O4. The first kappa shape index (κ1) is 19.4. The van der Waals surface area contributed by atoms with Crippen LogP contribution in [0, 0.1) is 13.8 Å². The summed E-state index contributed by atoms with van der Waals surface area (Å²) < 4.78 is 10.7. The Morgan fingerprint density at radius 1 is 1.15 bits per heavy atom. The third kappa shape index (κ3) is 5.58. The number of pyridine rings is 1. The van der Waals surface area contributed by atoms with E-state index in [4.69, 9.17) is 9.47 Å². The Hall–Kier alpha value is -2.89. The normalized spacial score (nSPS) is 10.3. The average molecular weight is 356 g/mol. The molecule has 1 N–H and O–H groups in total. The summed E-state index contributed by atoms with van der Waals surface area (Å²) in [5, 5.41) is 2.69. The number of ether oxygens (including phenoxy) is 2. The van der Waals surface area contributed by atoms with Crippen LogP contribution in [0.2, 0.25) is 0 Å². The van der Waals surface area contributed by atoms with E-state index >= 15 is 0 Å². The number of hydrogen-bond donors (Lipinski definition) is 1. The number of hydrogen-bond acceptors (Lipinski definition) is 5. The van der Waals surface area contributed by atoms with Crippen LogP contribution in [0.5, 0.6) is 5.75 Å². The number of nitrogens with one attached hydrogen (secondary N) is 1. The molecule has 0 fully saturated rings. The molecule has 0 bridgehead atoms. The van der Waals surface area contributed by atoms with E-state index in [-0.39, 0.29) is 5.91 Å². The maximum absolute atomic E-state index is 12.0. The summed E-state index contributed by atoms with van der Waals surface area (Å²) in [6, 6.07) is 9.03. The Balaban J connectivity index is 1.80. The number of para-hydroxylation sites is 1. The number of carbonyl (C=O) groups is 2. The number of nitrogens with zero attached hydrogens (tertiary/aromatic N) is 1. The average Bonchev–Trinajstić information content (AvgIpc) is 2.61. The summed E-state index contributed by atoms with van der Waals surface area (Å²) in [7, 11) is 0. The van der Waals surface area contributed by atoms with Gasteiger partial charge in [0.05, 0.1) is 18.8 Å². The molecular weight excluding hydrogens is 332 g/mol. The zero-order valence-electron chi connectivity index (χ0n) is 15.4. The summed E-state index contributed by atoms with van der Waals surface area (Å²) >= 11 is 0. The minimum atomic E-state index is -0.438. The summed E-state index contributed by atoms with van der Waals surface area (Å²) in [6.07, 6.45) is 2.35. The van der Waals surface area contributed by atoms with Gasteiger partial charge < -0.3 is 14.8 Å². The van der Waals surface area contributed by atoms with E-state index < -0.39 is 5.97 Å². The number of benzene rings is 1. The summed E-state index contributed by atoms with van der Waals surface area (Å²) in [6.45, 7) is 6.48. The molecule has 0 aliphatic heterocycles. The standard InChI is InChI=1S/C20H24N2O4/c1-4-25-20(24)16-10-11-21-17(13-16)22-18(23)9-6-12-26-19-14(2)7-5-8-15(19)3/h5,7-8,10-11,13H,4,6,9,12H2,1-3H3,(H,21,22,23). The molecule has 0 spiro atoms. The molecule has 0 aliphatic rings. The largest absolute Gasteiger partial charge is 0.493 e. The van der Waals surface area contributed by atoms with Crippen LogP contribution >= 0.6 is 0 Å². The Morgan fingerprint density at radius 2 is 1.88 bits per heavy atom. The van der Waals surface area contributed by atoms with Crippen LogP contribution in [0.1, 0.15) is 41.3 Å². The van der Waals surface area contributed by atoms with Gasteiger partial charge >= 0.3 is 5.97 Å². The highest BCUT2D eigenvalue weighted by molar-refractivity contribution is 5.93. The van der Waals surface area contributed by atoms with Crippen LogP contribution in [0.15, 0.2) is 36.5 Å². The number of rotatable bonds is 8. The number of amides is 1. The third-order valence-corrected chi connectivity index (χ3v) is 3.74. The van der Waals surface area contributed by atoms with Crippen LogP contribution in [-0.4, -0.2) is 30.1 Å². The van der Waals surface area contributed by atoms with Crippen molar-refractivity contribution in [3.8, 4) is 5.75 Å². The van der Waals surface area contributed by atoms with Crippen LogP contribution in [0.3, 0.4) is 0 Å². The van der Waals surface area contributed by atoms with Crippen molar-refractivity contribution >= 4 is 17.7 Å². The molecule has 1 aromatic heterocycles. The molecule has 0 unspecified atom stereocenters. The third-order valence-electron chi connectivity index (χ3n) is 3.74. The highest BCUT2D eigenvalue weighted by Gasteiger charge is 2.10. The van der Waals surface area contributed by atoms with Gasteiger partial charge in [0.15, 0.2) is 0 Å². The zero-order valence-corrected chi connectivity index (χ0v) is 15.4. The quantitative estimate of drug-likeness (QED) is 0.577. The number of aromatic nitrogens is 1. The first-order chi connectivity index (χ1) is 12.5. The topological polar surface area (TPSA) is 77.5 Å². The molecule has 26 heavy (non-hydrogen) atoms. The van der Waals surface area contributed by atoms with Gasteiger partial charge in [-0.1, -0.05) is 18.2 Å². The lowest BCUT2D eigenvalue weighted by Crippen LogP contribution is -2.15. The Kier molecular flexibility index (Phi) is 7.14. The molecule has 1 aromatic carbocycles. The molecule has 0 saturated carbocycles. The summed E-state index contributed by atoms with van der Waals surface area (Å²) in [4.78, 5) is 27.8. The van der Waals surface area contributed by atoms with Gasteiger partial charge in [-0.2, -0.15) is 0 Å². The van der Waals surface area contributed by atoms with Gasteiger partial charge in [0.25, 0.3) is 0 Å². The Labute approximate surface area is 153 Å². The van der Waals surface area contributed by atoms with E-state index in [1.54, 1.807) is 13.0 Å². The van der Waals surface area contributed by atoms with Crippen molar-refractivity contribution in [3.05, 3.63) is 53.2 Å². The van der Waals surface area contributed by atoms with Gasteiger partial charge in [0, 0.05) is 12.6 Å². The van der Waals surface area contributed by atoms with E-state index in [0.717, 1.165) is 16.9 Å². The number of carbonyl (C=O) groups excluding carboxylic acids is 2. The van der Waals surface area contributed by atoms with Crippen molar-refractivity contribution in [3.63, 3.8) is 0 Å². The number of aryl methyl sites for hydroxylation is 2. The monoisotopic (exact) mass is 356 g/mol. The predicted octanol–water partition coefficient (Wildman–Crippen LogP) is 3.67. The van der Waals surface area contributed by atoms with Crippen molar-refractivity contribution in [2.24, 2.45) is 0 Å². The molecule has 2 rings (SSSR count). The van der Waals surface area contributed by atoms with Crippen molar-refractivity contribution in [1.29, 1.82) is 0 Å². The van der Waals surface area contributed by atoms with Crippen LogP contribution in [-0.2, 0) is 9.53 Å². The van der Waals surface area contributed by atoms with Crippen molar-refractivity contribution in [2.45, 2.75) is 33.6 Å². The molecule has 0 saturated heterocycles. The second-order valence-electron chi connectivity index (χ2n) is 5.87. The summed E-state index contributed by atoms with van der Waals surface area (Å²) in [5.74, 6) is 0.587. The van der Waals surface area contributed by atoms with Gasteiger partial charge in [-0.3, -0.25) is 4.79 Å². The van der Waals surface area contributed by atoms with Gasteiger partial charge in [0.1, 0.15) is 11.6 Å². The van der Waals surface area contributed by atoms with E-state index in [1.807, 2.05) is 32.0 Å². The molecule has 0 aliphatic carbocycles. The first-order valence-electron chi connectivity index (χ1n) is 8.63. The second-order valence-corrected chi connectivity index (χ2v) is 5.87. The molecule has 1 heterocycles. The molecule has 2 aromatic rings. The van der Waals surface area contributed by atoms with Gasteiger partial charge in [0.2, 0.25) is 5.91 Å². The molecule has 0 atom stereocenters. The fourth-order valence-corrected chi connectivity index (χ4v) is 2.48. The number of anilines is 1. The molecule has 0 radical (unpaired) electrons. The van der Waals surface area contributed by atoms with Crippen molar-refractivity contribution in [2.75, 3.05) is 18.5 Å². The van der Waals surface area contributed by atoms with Crippen molar-refractivity contribution in [1.82, 2.24) is 4.98 Å². The van der Waals surface area contributed by atoms with E-state index in [0.29, 0.717) is 37.4 Å². The summed E-state index contributed by atoms with van der Waals surface area (Å²) in [5.41, 5.74) is 2.51. The van der Waals surface area contributed by atoms with Gasteiger partial charge in [-0.15, -0.1) is 0 Å². The maximum atomic E-state index is 12.0. The van der Waals surface area contributed by atoms with Crippen LogP contribution in [0.4, 0.5) is 5.82 Å². The zero-order chi connectivity index (χ0) is 18.9. The minimum Gasteiger partial charge on any atom is -0.493 e. The molecule has 138 valence electrons. The molecule has 1 amide bonds. The maximum Gasteiger partial charge on any atom is 0.338 e. The highest BCUT2D eigenvalue weighted by Crippen LogP contribution is 2.22.